The maximum atomic E-state index is 14.3. The molecule has 10 heteroatoms. The zero-order chi connectivity index (χ0) is 25.3. The number of para-hydroxylation sites is 1. The van der Waals surface area contributed by atoms with Gasteiger partial charge in [-0.05, 0) is 62.1 Å². The van der Waals surface area contributed by atoms with E-state index in [9.17, 15) is 17.6 Å². The number of halogens is 1. The number of sulfonamides is 1. The average Bonchev–Trinajstić information content (AvgIpc) is 3.57. The Morgan fingerprint density at radius 3 is 2.50 bits per heavy atom. The van der Waals surface area contributed by atoms with Gasteiger partial charge in [0.15, 0.2) is 5.13 Å². The number of carbonyl (C=O) groups is 1. The van der Waals surface area contributed by atoms with Crippen molar-refractivity contribution in [1.82, 2.24) is 9.29 Å². The largest absolute Gasteiger partial charge is 0.376 e. The lowest BCUT2D eigenvalue weighted by atomic mass is 9.96. The summed E-state index contributed by atoms with van der Waals surface area (Å²) in [6, 6.07) is 10.8. The van der Waals surface area contributed by atoms with Crippen LogP contribution in [0, 0.1) is 5.82 Å². The lowest BCUT2D eigenvalue weighted by Crippen LogP contribution is -2.38. The van der Waals surface area contributed by atoms with E-state index in [1.807, 2.05) is 0 Å². The first-order valence-electron chi connectivity index (χ1n) is 12.4. The second kappa shape index (κ2) is 10.5. The Labute approximate surface area is 214 Å². The number of fused-ring (bicyclic) bond motifs is 1. The van der Waals surface area contributed by atoms with Gasteiger partial charge in [-0.1, -0.05) is 36.7 Å². The Balaban J connectivity index is 1.41. The summed E-state index contributed by atoms with van der Waals surface area (Å²) < 4.78 is 48.6. The zero-order valence-electron chi connectivity index (χ0n) is 20.2. The van der Waals surface area contributed by atoms with Crippen molar-refractivity contribution in [3.8, 4) is 0 Å². The van der Waals surface area contributed by atoms with E-state index in [0.29, 0.717) is 28.5 Å². The van der Waals surface area contributed by atoms with E-state index in [1.54, 1.807) is 31.3 Å². The highest BCUT2D eigenvalue weighted by Gasteiger charge is 2.30. The molecule has 1 aliphatic heterocycles. The Bertz CT molecular complexity index is 1330. The van der Waals surface area contributed by atoms with Gasteiger partial charge >= 0.3 is 0 Å². The van der Waals surface area contributed by atoms with E-state index < -0.39 is 15.8 Å². The Kier molecular flexibility index (Phi) is 7.39. The highest BCUT2D eigenvalue weighted by atomic mass is 32.2. The van der Waals surface area contributed by atoms with Crippen molar-refractivity contribution in [3.63, 3.8) is 0 Å². The molecule has 1 atom stereocenters. The minimum atomic E-state index is -3.66. The molecule has 192 valence electrons. The van der Waals surface area contributed by atoms with Crippen LogP contribution in [0.25, 0.3) is 10.2 Å². The molecule has 1 saturated heterocycles. The number of rotatable bonds is 7. The summed E-state index contributed by atoms with van der Waals surface area (Å²) >= 11 is 1.25. The van der Waals surface area contributed by atoms with Crippen molar-refractivity contribution in [2.24, 2.45) is 0 Å². The third kappa shape index (κ3) is 5.04. The molecule has 7 nitrogen and oxygen atoms in total. The maximum absolute atomic E-state index is 14.3. The van der Waals surface area contributed by atoms with Crippen LogP contribution >= 0.6 is 11.3 Å². The summed E-state index contributed by atoms with van der Waals surface area (Å²) in [7, 11) is -2.02. The third-order valence-electron chi connectivity index (χ3n) is 7.11. The van der Waals surface area contributed by atoms with Gasteiger partial charge in [-0.25, -0.2) is 17.8 Å². The van der Waals surface area contributed by atoms with Crippen molar-refractivity contribution >= 4 is 42.6 Å². The van der Waals surface area contributed by atoms with Crippen molar-refractivity contribution in [1.29, 1.82) is 0 Å². The molecule has 1 aliphatic carbocycles. The summed E-state index contributed by atoms with van der Waals surface area (Å²) in [6.07, 6.45) is 6.57. The van der Waals surface area contributed by atoms with Gasteiger partial charge in [-0.3, -0.25) is 9.69 Å². The molecule has 5 rings (SSSR count). The molecule has 2 aromatic carbocycles. The number of anilines is 1. The quantitative estimate of drug-likeness (QED) is 0.418. The van der Waals surface area contributed by atoms with E-state index in [-0.39, 0.29) is 28.5 Å². The fraction of sp³-hybridized carbons (Fsp3) is 0.462. The summed E-state index contributed by atoms with van der Waals surface area (Å²) in [5, 5.41) is 0.393. The summed E-state index contributed by atoms with van der Waals surface area (Å²) in [5.74, 6) is -0.759. The molecular weight excluding hydrogens is 501 g/mol. The van der Waals surface area contributed by atoms with Crippen molar-refractivity contribution in [3.05, 3.63) is 53.8 Å². The Morgan fingerprint density at radius 2 is 1.83 bits per heavy atom. The minimum absolute atomic E-state index is 0.00592. The van der Waals surface area contributed by atoms with E-state index in [4.69, 9.17) is 4.74 Å². The van der Waals surface area contributed by atoms with Gasteiger partial charge < -0.3 is 4.74 Å². The summed E-state index contributed by atoms with van der Waals surface area (Å²) in [4.78, 5) is 19.7. The highest BCUT2D eigenvalue weighted by molar-refractivity contribution is 7.89. The molecular formula is C26H30FN3O4S2. The predicted octanol–water partition coefficient (Wildman–Crippen LogP) is 5.21. The SMILES string of the molecule is CN(C1CCCCC1)S(=O)(=O)c1ccc(C(=O)N(CC2CCCO2)c2nc3c(F)cccc3s2)cc1. The molecule has 1 amide bonds. The average molecular weight is 532 g/mol. The third-order valence-corrected chi connectivity index (χ3v) is 10.1. The molecule has 3 aromatic rings. The minimum Gasteiger partial charge on any atom is -0.376 e. The van der Waals surface area contributed by atoms with Crippen molar-refractivity contribution in [2.75, 3.05) is 25.1 Å². The Morgan fingerprint density at radius 1 is 1.08 bits per heavy atom. The summed E-state index contributed by atoms with van der Waals surface area (Å²) in [6.45, 7) is 0.937. The van der Waals surface area contributed by atoms with Crippen molar-refractivity contribution < 1.29 is 22.3 Å². The highest BCUT2D eigenvalue weighted by Crippen LogP contribution is 2.32. The van der Waals surface area contributed by atoms with Crippen LogP contribution in [0.5, 0.6) is 0 Å². The van der Waals surface area contributed by atoms with E-state index in [2.05, 4.69) is 4.98 Å². The second-order valence-corrected chi connectivity index (χ2v) is 12.5. The number of ether oxygens (including phenoxy) is 1. The second-order valence-electron chi connectivity index (χ2n) is 9.47. The van der Waals surface area contributed by atoms with Gasteiger partial charge in [0, 0.05) is 25.3 Å². The fourth-order valence-electron chi connectivity index (χ4n) is 4.99. The molecule has 0 radical (unpaired) electrons. The number of thiazole rings is 1. The van der Waals surface area contributed by atoms with Gasteiger partial charge in [0.25, 0.3) is 5.91 Å². The Hall–Kier alpha value is -2.40. The smallest absolute Gasteiger partial charge is 0.260 e. The lowest BCUT2D eigenvalue weighted by Gasteiger charge is -2.30. The molecule has 2 aliphatic rings. The molecule has 0 N–H and O–H groups in total. The topological polar surface area (TPSA) is 79.8 Å². The van der Waals surface area contributed by atoms with E-state index in [0.717, 1.165) is 44.9 Å². The maximum Gasteiger partial charge on any atom is 0.260 e. The van der Waals surface area contributed by atoms with Crippen LogP contribution in [-0.2, 0) is 14.8 Å². The standard InChI is InChI=1S/C26H30FN3O4S2/c1-29(19-7-3-2-4-8-19)36(32,33)21-14-12-18(13-15-21)25(31)30(17-20-9-6-16-34-20)26-28-24-22(27)10-5-11-23(24)35-26/h5,10-15,19-20H,2-4,6-9,16-17H2,1H3. The van der Waals surface area contributed by atoms with Crippen LogP contribution < -0.4 is 4.90 Å². The molecule has 1 saturated carbocycles. The number of carbonyl (C=O) groups excluding carboxylic acids is 1. The van der Waals surface area contributed by atoms with Gasteiger partial charge in [-0.2, -0.15) is 4.31 Å². The lowest BCUT2D eigenvalue weighted by molar-refractivity contribution is 0.0917. The first-order valence-corrected chi connectivity index (χ1v) is 14.7. The zero-order valence-corrected chi connectivity index (χ0v) is 21.9. The molecule has 0 spiro atoms. The van der Waals surface area contributed by atoms with Crippen LogP contribution in [-0.4, -0.2) is 56.0 Å². The number of amides is 1. The number of benzene rings is 2. The first-order chi connectivity index (χ1) is 17.3. The van der Waals surface area contributed by atoms with E-state index >= 15 is 0 Å². The number of hydrogen-bond donors (Lipinski definition) is 0. The molecule has 2 fully saturated rings. The number of aromatic nitrogens is 1. The van der Waals surface area contributed by atoms with Gasteiger partial charge in [0.2, 0.25) is 10.0 Å². The number of hydrogen-bond acceptors (Lipinski definition) is 6. The monoisotopic (exact) mass is 531 g/mol. The molecule has 36 heavy (non-hydrogen) atoms. The van der Waals surface area contributed by atoms with Crippen LogP contribution in [0.15, 0.2) is 47.4 Å². The molecule has 1 aromatic heterocycles. The van der Waals surface area contributed by atoms with E-state index in [1.165, 1.54) is 38.7 Å². The molecule has 0 bridgehead atoms. The van der Waals surface area contributed by atoms with Crippen LogP contribution in [0.3, 0.4) is 0 Å². The van der Waals surface area contributed by atoms with Gasteiger partial charge in [-0.15, -0.1) is 0 Å². The van der Waals surface area contributed by atoms with Crippen LogP contribution in [0.2, 0.25) is 0 Å². The van der Waals surface area contributed by atoms with Gasteiger partial charge in [0.05, 0.1) is 22.2 Å². The van der Waals surface area contributed by atoms with Crippen LogP contribution in [0.4, 0.5) is 9.52 Å². The molecule has 1 unspecified atom stereocenters. The number of nitrogens with zero attached hydrogens (tertiary/aromatic N) is 3. The summed E-state index contributed by atoms with van der Waals surface area (Å²) in [5.41, 5.74) is 0.571. The van der Waals surface area contributed by atoms with Gasteiger partial charge in [0.1, 0.15) is 11.3 Å². The first kappa shape index (κ1) is 25.3. The van der Waals surface area contributed by atoms with Crippen molar-refractivity contribution in [2.45, 2.75) is 62.0 Å². The molecule has 2 heterocycles. The normalized spacial score (nSPS) is 19.2. The van der Waals surface area contributed by atoms with Crippen LogP contribution in [0.1, 0.15) is 55.3 Å². The predicted molar refractivity (Wildman–Crippen MR) is 138 cm³/mol. The fourth-order valence-corrected chi connectivity index (χ4v) is 7.39.